The van der Waals surface area contributed by atoms with Crippen LogP contribution in [0.25, 0.3) is 0 Å². The van der Waals surface area contributed by atoms with Crippen molar-refractivity contribution in [2.24, 2.45) is 5.41 Å². The molecule has 1 saturated carbocycles. The van der Waals surface area contributed by atoms with E-state index in [4.69, 9.17) is 0 Å². The van der Waals surface area contributed by atoms with Crippen LogP contribution in [0.4, 0.5) is 0 Å². The topological polar surface area (TPSA) is 32.3 Å². The molecular weight excluding hydrogens is 176 g/mol. The number of rotatable bonds is 1. The Hall–Kier alpha value is -0.570. The highest BCUT2D eigenvalue weighted by Crippen LogP contribution is 2.48. The molecule has 0 aromatic heterocycles. The lowest BCUT2D eigenvalue weighted by molar-refractivity contribution is -0.134. The minimum Gasteiger partial charge on any atom is -0.341 e. The number of hydrogen-bond acceptors (Lipinski definition) is 2. The molecule has 3 rings (SSSR count). The maximum Gasteiger partial charge on any atom is 0.239 e. The summed E-state index contributed by atoms with van der Waals surface area (Å²) in [6.45, 7) is 3.08. The second-order valence-corrected chi connectivity index (χ2v) is 5.16. The van der Waals surface area contributed by atoms with Crippen molar-refractivity contribution in [2.45, 2.75) is 38.1 Å². The van der Waals surface area contributed by atoms with E-state index < -0.39 is 0 Å². The molecule has 1 amide bonds. The molecule has 1 N–H and O–H groups in total. The maximum absolute atomic E-state index is 11.9. The maximum atomic E-state index is 11.9. The summed E-state index contributed by atoms with van der Waals surface area (Å²) in [5.74, 6) is 0.361. The Morgan fingerprint density at radius 2 is 2.14 bits per heavy atom. The Labute approximate surface area is 84.8 Å². The molecule has 0 radical (unpaired) electrons. The summed E-state index contributed by atoms with van der Waals surface area (Å²) in [5, 5.41) is 3.19. The Kier molecular flexibility index (Phi) is 1.84. The number of hydrogen-bond donors (Lipinski definition) is 1. The summed E-state index contributed by atoms with van der Waals surface area (Å²) in [7, 11) is 0. The largest absolute Gasteiger partial charge is 0.341 e. The fraction of sp³-hybridized carbons (Fsp3) is 0.909. The van der Waals surface area contributed by atoms with E-state index >= 15 is 0 Å². The van der Waals surface area contributed by atoms with E-state index in [-0.39, 0.29) is 6.04 Å². The van der Waals surface area contributed by atoms with Crippen molar-refractivity contribution in [1.29, 1.82) is 0 Å². The van der Waals surface area contributed by atoms with Crippen LogP contribution in [-0.2, 0) is 4.79 Å². The summed E-state index contributed by atoms with van der Waals surface area (Å²) in [4.78, 5) is 14.0. The van der Waals surface area contributed by atoms with Gasteiger partial charge < -0.3 is 10.2 Å². The van der Waals surface area contributed by atoms with Crippen LogP contribution in [0.3, 0.4) is 0 Å². The van der Waals surface area contributed by atoms with Crippen LogP contribution >= 0.6 is 0 Å². The van der Waals surface area contributed by atoms with Gasteiger partial charge in [-0.1, -0.05) is 6.42 Å². The zero-order chi connectivity index (χ0) is 9.60. The van der Waals surface area contributed by atoms with Gasteiger partial charge in [-0.3, -0.25) is 4.79 Å². The van der Waals surface area contributed by atoms with Crippen molar-refractivity contribution < 1.29 is 4.79 Å². The van der Waals surface area contributed by atoms with Crippen LogP contribution in [0.2, 0.25) is 0 Å². The molecule has 2 heterocycles. The first kappa shape index (κ1) is 8.72. The quantitative estimate of drug-likeness (QED) is 0.668. The molecule has 2 saturated heterocycles. The highest BCUT2D eigenvalue weighted by Gasteiger charge is 2.45. The minimum atomic E-state index is 0.158. The first-order chi connectivity index (χ1) is 6.79. The molecule has 3 heteroatoms. The SMILES string of the molecule is O=C([C@H]1CCN1)N1CCC2(CCC2)C1. The molecule has 1 atom stereocenters. The lowest BCUT2D eigenvalue weighted by Crippen LogP contribution is -2.54. The lowest BCUT2D eigenvalue weighted by atomic mass is 9.68. The van der Waals surface area contributed by atoms with Crippen molar-refractivity contribution in [3.63, 3.8) is 0 Å². The number of carbonyl (C=O) groups is 1. The second kappa shape index (κ2) is 2.96. The number of likely N-dealkylation sites (tertiary alicyclic amines) is 1. The van der Waals surface area contributed by atoms with E-state index in [1.165, 1.54) is 25.7 Å². The predicted octanol–water partition coefficient (Wildman–Crippen LogP) is 0.751. The Balaban J connectivity index is 1.61. The van der Waals surface area contributed by atoms with Gasteiger partial charge in [0.25, 0.3) is 0 Å². The summed E-state index contributed by atoms with van der Waals surface area (Å²) in [6, 6.07) is 0.158. The Morgan fingerprint density at radius 1 is 1.36 bits per heavy atom. The molecule has 3 nitrogen and oxygen atoms in total. The Bertz CT molecular complexity index is 256. The second-order valence-electron chi connectivity index (χ2n) is 5.16. The molecule has 0 aromatic carbocycles. The van der Waals surface area contributed by atoms with Crippen molar-refractivity contribution in [3.05, 3.63) is 0 Å². The summed E-state index contributed by atoms with van der Waals surface area (Å²) in [6.07, 6.45) is 6.39. The number of nitrogens with zero attached hydrogens (tertiary/aromatic N) is 1. The van der Waals surface area contributed by atoms with E-state index in [9.17, 15) is 4.79 Å². The zero-order valence-electron chi connectivity index (χ0n) is 8.59. The molecule has 2 aliphatic heterocycles. The van der Waals surface area contributed by atoms with E-state index in [1.54, 1.807) is 0 Å². The smallest absolute Gasteiger partial charge is 0.239 e. The summed E-state index contributed by atoms with van der Waals surface area (Å²) >= 11 is 0. The van der Waals surface area contributed by atoms with Gasteiger partial charge in [-0.25, -0.2) is 0 Å². The van der Waals surface area contributed by atoms with Crippen LogP contribution in [0.1, 0.15) is 32.1 Å². The van der Waals surface area contributed by atoms with Crippen LogP contribution in [0, 0.1) is 5.41 Å². The van der Waals surface area contributed by atoms with Gasteiger partial charge in [0, 0.05) is 13.1 Å². The normalized spacial score (nSPS) is 34.0. The molecule has 1 aliphatic carbocycles. The monoisotopic (exact) mass is 194 g/mol. The van der Waals surface area contributed by atoms with Gasteiger partial charge in [0.2, 0.25) is 5.91 Å². The third-order valence-corrected chi connectivity index (χ3v) is 4.29. The van der Waals surface area contributed by atoms with E-state index in [1.807, 2.05) is 0 Å². The molecule has 0 bridgehead atoms. The van der Waals surface area contributed by atoms with Crippen molar-refractivity contribution in [1.82, 2.24) is 10.2 Å². The summed E-state index contributed by atoms with van der Waals surface area (Å²) < 4.78 is 0. The highest BCUT2D eigenvalue weighted by molar-refractivity contribution is 5.83. The molecule has 0 aromatic rings. The average molecular weight is 194 g/mol. The standard InChI is InChI=1S/C11H18N2O/c14-10(9-2-6-12-9)13-7-5-11(8-13)3-1-4-11/h9,12H,1-8H2/t9-/m1/s1. The molecule has 1 spiro atoms. The van der Waals surface area contributed by atoms with Crippen LogP contribution in [0.15, 0.2) is 0 Å². The van der Waals surface area contributed by atoms with Crippen LogP contribution in [-0.4, -0.2) is 36.5 Å². The van der Waals surface area contributed by atoms with Gasteiger partial charge in [0.1, 0.15) is 0 Å². The molecule has 14 heavy (non-hydrogen) atoms. The van der Waals surface area contributed by atoms with Crippen molar-refractivity contribution in [2.75, 3.05) is 19.6 Å². The molecule has 3 aliphatic rings. The third kappa shape index (κ3) is 1.18. The fourth-order valence-corrected chi connectivity index (χ4v) is 2.93. The number of nitrogens with one attached hydrogen (secondary N) is 1. The first-order valence-electron chi connectivity index (χ1n) is 5.81. The van der Waals surface area contributed by atoms with E-state index in [0.29, 0.717) is 11.3 Å². The number of amides is 1. The third-order valence-electron chi connectivity index (χ3n) is 4.29. The van der Waals surface area contributed by atoms with E-state index in [2.05, 4.69) is 10.2 Å². The molecule has 0 unspecified atom stereocenters. The van der Waals surface area contributed by atoms with E-state index in [0.717, 1.165) is 26.1 Å². The first-order valence-corrected chi connectivity index (χ1v) is 5.81. The Morgan fingerprint density at radius 3 is 2.57 bits per heavy atom. The fourth-order valence-electron chi connectivity index (χ4n) is 2.93. The van der Waals surface area contributed by atoms with Crippen LogP contribution in [0.5, 0.6) is 0 Å². The molecular formula is C11H18N2O. The van der Waals surface area contributed by atoms with Gasteiger partial charge in [0.15, 0.2) is 0 Å². The average Bonchev–Trinajstić information content (AvgIpc) is 2.43. The van der Waals surface area contributed by atoms with Crippen LogP contribution < -0.4 is 5.32 Å². The lowest BCUT2D eigenvalue weighted by Gasteiger charge is -2.38. The molecule has 3 fully saturated rings. The predicted molar refractivity (Wildman–Crippen MR) is 53.9 cm³/mol. The minimum absolute atomic E-state index is 0.158. The van der Waals surface area contributed by atoms with Gasteiger partial charge in [-0.05, 0) is 37.6 Å². The van der Waals surface area contributed by atoms with Gasteiger partial charge in [-0.15, -0.1) is 0 Å². The van der Waals surface area contributed by atoms with Gasteiger partial charge in [-0.2, -0.15) is 0 Å². The van der Waals surface area contributed by atoms with Crippen molar-refractivity contribution >= 4 is 5.91 Å². The summed E-state index contributed by atoms with van der Waals surface area (Å²) in [5.41, 5.74) is 0.555. The van der Waals surface area contributed by atoms with Crippen molar-refractivity contribution in [3.8, 4) is 0 Å². The zero-order valence-corrected chi connectivity index (χ0v) is 8.59. The molecule has 78 valence electrons. The van der Waals surface area contributed by atoms with Gasteiger partial charge in [0.05, 0.1) is 6.04 Å². The highest BCUT2D eigenvalue weighted by atomic mass is 16.2. The number of carbonyl (C=O) groups excluding carboxylic acids is 1. The van der Waals surface area contributed by atoms with Gasteiger partial charge >= 0.3 is 0 Å².